The molecule has 0 bridgehead atoms. The number of hydrogen-bond donors (Lipinski definition) is 2. The predicted octanol–water partition coefficient (Wildman–Crippen LogP) is 4.35. The van der Waals surface area contributed by atoms with E-state index in [1.165, 1.54) is 25.2 Å². The van der Waals surface area contributed by atoms with Gasteiger partial charge >= 0.3 is 0 Å². The van der Waals surface area contributed by atoms with Gasteiger partial charge in [-0.2, -0.15) is 0 Å². The number of rotatable bonds is 8. The Labute approximate surface area is 211 Å². The van der Waals surface area contributed by atoms with Crippen molar-refractivity contribution in [3.05, 3.63) is 53.7 Å². The molecule has 1 fully saturated rings. The summed E-state index contributed by atoms with van der Waals surface area (Å²) in [5.41, 5.74) is 2.73. The predicted molar refractivity (Wildman–Crippen MR) is 139 cm³/mol. The third-order valence-corrected chi connectivity index (χ3v) is 7.00. The molecule has 2 N–H and O–H groups in total. The van der Waals surface area contributed by atoms with Crippen LogP contribution in [0.15, 0.2) is 42.6 Å². The summed E-state index contributed by atoms with van der Waals surface area (Å²) < 4.78 is 16.0. The van der Waals surface area contributed by atoms with Gasteiger partial charge < -0.3 is 29.4 Å². The van der Waals surface area contributed by atoms with Gasteiger partial charge in [0.25, 0.3) is 5.91 Å². The number of amides is 2. The molecule has 8 nitrogen and oxygen atoms in total. The lowest BCUT2D eigenvalue weighted by molar-refractivity contribution is -0.135. The molecule has 1 aromatic heterocycles. The number of carbonyl (C=O) groups is 2. The summed E-state index contributed by atoms with van der Waals surface area (Å²) in [5, 5.41) is 4.11. The molecule has 1 saturated heterocycles. The molecule has 2 heterocycles. The van der Waals surface area contributed by atoms with E-state index in [1.807, 2.05) is 30.9 Å². The number of aromatic amines is 1. The second-order valence-corrected chi connectivity index (χ2v) is 9.55. The second kappa shape index (κ2) is 10.9. The van der Waals surface area contributed by atoms with Crippen molar-refractivity contribution in [2.24, 2.45) is 5.92 Å². The fraction of sp³-hybridized carbons (Fsp3) is 0.429. The molecule has 1 unspecified atom stereocenters. The number of ether oxygens (including phenoxy) is 3. The van der Waals surface area contributed by atoms with Crippen molar-refractivity contribution in [1.82, 2.24) is 15.2 Å². The van der Waals surface area contributed by atoms with E-state index >= 15 is 0 Å². The second-order valence-electron chi connectivity index (χ2n) is 9.55. The van der Waals surface area contributed by atoms with Gasteiger partial charge in [0.1, 0.15) is 23.3 Å². The quantitative estimate of drug-likeness (QED) is 0.487. The molecule has 2 aromatic carbocycles. The number of aromatic nitrogens is 1. The number of nitrogens with zero attached hydrogens (tertiary/aromatic N) is 1. The molecule has 0 saturated carbocycles. The summed E-state index contributed by atoms with van der Waals surface area (Å²) in [7, 11) is 4.74. The van der Waals surface area contributed by atoms with Crippen LogP contribution < -0.4 is 19.5 Å². The highest BCUT2D eigenvalue weighted by atomic mass is 16.5. The fourth-order valence-electron chi connectivity index (χ4n) is 4.87. The zero-order valence-corrected chi connectivity index (χ0v) is 21.6. The zero-order chi connectivity index (χ0) is 25.8. The number of fused-ring (bicyclic) bond motifs is 1. The molecule has 3 aromatic rings. The first-order valence-electron chi connectivity index (χ1n) is 12.3. The van der Waals surface area contributed by atoms with Crippen LogP contribution in [0.3, 0.4) is 0 Å². The van der Waals surface area contributed by atoms with Crippen LogP contribution in [0.1, 0.15) is 48.5 Å². The van der Waals surface area contributed by atoms with Crippen LogP contribution in [0.4, 0.5) is 0 Å². The number of methoxy groups -OCH3 is 3. The topological polar surface area (TPSA) is 92.9 Å². The maximum Gasteiger partial charge on any atom is 0.252 e. The van der Waals surface area contributed by atoms with E-state index in [4.69, 9.17) is 14.2 Å². The van der Waals surface area contributed by atoms with Gasteiger partial charge in [-0.25, -0.2) is 0 Å². The molecule has 1 aliphatic heterocycles. The molecule has 192 valence electrons. The highest BCUT2D eigenvalue weighted by molar-refractivity contribution is 5.98. The maximum atomic E-state index is 13.5. The molecule has 36 heavy (non-hydrogen) atoms. The van der Waals surface area contributed by atoms with Crippen molar-refractivity contribution in [2.75, 3.05) is 34.4 Å². The standard InChI is InChI=1S/C28H35N3O5/c1-17(2)26(30-27(32)19-12-21(35-4)14-22(13-19)36-5)28(33)31-10-8-18(9-11-31)24-16-29-25-7-6-20(34-3)15-23(24)25/h6-7,12-18,26,29H,8-11H2,1-5H3,(H,30,32). The van der Waals surface area contributed by atoms with Gasteiger partial charge in [-0.1, -0.05) is 13.8 Å². The van der Waals surface area contributed by atoms with E-state index in [0.29, 0.717) is 36.1 Å². The molecule has 2 amide bonds. The number of carbonyl (C=O) groups excluding carboxylic acids is 2. The summed E-state index contributed by atoms with van der Waals surface area (Å²) in [4.78, 5) is 31.8. The van der Waals surface area contributed by atoms with Crippen LogP contribution >= 0.6 is 0 Å². The molecule has 1 aliphatic rings. The van der Waals surface area contributed by atoms with Gasteiger partial charge in [-0.15, -0.1) is 0 Å². The number of likely N-dealkylation sites (tertiary alicyclic amines) is 1. The Morgan fingerprint density at radius 2 is 1.58 bits per heavy atom. The lowest BCUT2D eigenvalue weighted by atomic mass is 9.88. The van der Waals surface area contributed by atoms with E-state index < -0.39 is 6.04 Å². The van der Waals surface area contributed by atoms with Gasteiger partial charge in [0.05, 0.1) is 21.3 Å². The first kappa shape index (κ1) is 25.4. The van der Waals surface area contributed by atoms with Gasteiger partial charge in [0.2, 0.25) is 5.91 Å². The van der Waals surface area contributed by atoms with Crippen molar-refractivity contribution < 1.29 is 23.8 Å². The Balaban J connectivity index is 1.44. The minimum absolute atomic E-state index is 0.0488. The van der Waals surface area contributed by atoms with Gasteiger partial charge in [0.15, 0.2) is 0 Å². The van der Waals surface area contributed by atoms with Crippen molar-refractivity contribution >= 4 is 22.7 Å². The molecule has 4 rings (SSSR count). The first-order valence-corrected chi connectivity index (χ1v) is 12.3. The van der Waals surface area contributed by atoms with Crippen LogP contribution in [0.2, 0.25) is 0 Å². The average Bonchev–Trinajstić information content (AvgIpc) is 3.33. The number of hydrogen-bond acceptors (Lipinski definition) is 5. The summed E-state index contributed by atoms with van der Waals surface area (Å²) in [6, 6.07) is 10.4. The van der Waals surface area contributed by atoms with E-state index in [-0.39, 0.29) is 17.7 Å². The smallest absolute Gasteiger partial charge is 0.252 e. The third kappa shape index (κ3) is 5.27. The Kier molecular flexibility index (Phi) is 7.72. The average molecular weight is 494 g/mol. The summed E-state index contributed by atoms with van der Waals surface area (Å²) >= 11 is 0. The Bertz CT molecular complexity index is 1200. The molecule has 8 heteroatoms. The van der Waals surface area contributed by atoms with Gasteiger partial charge in [-0.3, -0.25) is 9.59 Å². The highest BCUT2D eigenvalue weighted by Crippen LogP contribution is 2.35. The third-order valence-electron chi connectivity index (χ3n) is 7.00. The molecule has 0 spiro atoms. The minimum Gasteiger partial charge on any atom is -0.497 e. The Morgan fingerprint density at radius 1 is 0.944 bits per heavy atom. The van der Waals surface area contributed by atoms with E-state index in [9.17, 15) is 9.59 Å². The number of H-pyrrole nitrogens is 1. The Morgan fingerprint density at radius 3 is 2.17 bits per heavy atom. The van der Waals surface area contributed by atoms with Crippen molar-refractivity contribution in [3.8, 4) is 17.2 Å². The molecule has 0 radical (unpaired) electrons. The SMILES string of the molecule is COc1cc(OC)cc(C(=O)NC(C(=O)N2CCC(c3c[nH]c4ccc(OC)cc34)CC2)C(C)C)c1. The van der Waals surface area contributed by atoms with Crippen molar-refractivity contribution in [3.63, 3.8) is 0 Å². The van der Waals surface area contributed by atoms with Crippen LogP contribution in [0.5, 0.6) is 17.2 Å². The van der Waals surface area contributed by atoms with Crippen LogP contribution in [0, 0.1) is 5.92 Å². The van der Waals surface area contributed by atoms with Gasteiger partial charge in [-0.05, 0) is 60.6 Å². The lowest BCUT2D eigenvalue weighted by Crippen LogP contribution is -2.52. The van der Waals surface area contributed by atoms with Crippen LogP contribution in [0.25, 0.3) is 10.9 Å². The number of nitrogens with one attached hydrogen (secondary N) is 2. The summed E-state index contributed by atoms with van der Waals surface area (Å²) in [6.45, 7) is 5.18. The highest BCUT2D eigenvalue weighted by Gasteiger charge is 2.32. The van der Waals surface area contributed by atoms with Crippen LogP contribution in [-0.4, -0.2) is 62.2 Å². The first-order chi connectivity index (χ1) is 17.3. The van der Waals surface area contributed by atoms with E-state index in [2.05, 4.69) is 22.6 Å². The zero-order valence-electron chi connectivity index (χ0n) is 21.6. The number of piperidine rings is 1. The van der Waals surface area contributed by atoms with E-state index in [0.717, 1.165) is 24.1 Å². The maximum absolute atomic E-state index is 13.5. The molecular formula is C28H35N3O5. The molecule has 1 atom stereocenters. The monoisotopic (exact) mass is 493 g/mol. The minimum atomic E-state index is -0.622. The van der Waals surface area contributed by atoms with Crippen molar-refractivity contribution in [1.29, 1.82) is 0 Å². The van der Waals surface area contributed by atoms with Crippen LogP contribution in [-0.2, 0) is 4.79 Å². The molecule has 0 aliphatic carbocycles. The Hall–Kier alpha value is -3.68. The molecular weight excluding hydrogens is 458 g/mol. The van der Waals surface area contributed by atoms with Gasteiger partial charge in [0, 0.05) is 41.8 Å². The lowest BCUT2D eigenvalue weighted by Gasteiger charge is -2.35. The summed E-state index contributed by atoms with van der Waals surface area (Å²) in [5.74, 6) is 1.78. The largest absolute Gasteiger partial charge is 0.497 e. The summed E-state index contributed by atoms with van der Waals surface area (Å²) in [6.07, 6.45) is 3.80. The fourth-order valence-corrected chi connectivity index (χ4v) is 4.87. The number of benzene rings is 2. The van der Waals surface area contributed by atoms with Crippen molar-refractivity contribution in [2.45, 2.75) is 38.6 Å². The van der Waals surface area contributed by atoms with E-state index in [1.54, 1.807) is 25.3 Å². The normalized spacial score (nSPS) is 15.1.